The highest BCUT2D eigenvalue weighted by atomic mass is 35.5. The van der Waals surface area contributed by atoms with Gasteiger partial charge in [-0.15, -0.1) is 0 Å². The van der Waals surface area contributed by atoms with Crippen molar-refractivity contribution in [2.45, 2.75) is 78.0 Å². The predicted molar refractivity (Wildman–Crippen MR) is 140 cm³/mol. The van der Waals surface area contributed by atoms with Crippen LogP contribution in [-0.2, 0) is 13.2 Å². The highest BCUT2D eigenvalue weighted by Gasteiger charge is 2.59. The second-order valence-corrected chi connectivity index (χ2v) is 12.9. The van der Waals surface area contributed by atoms with Crippen LogP contribution in [-0.4, -0.2) is 12.1 Å². The molecule has 0 aromatic heterocycles. The van der Waals surface area contributed by atoms with Gasteiger partial charge in [0.05, 0.1) is 21.7 Å². The first-order chi connectivity index (χ1) is 16.1. The molecule has 4 fully saturated rings. The lowest BCUT2D eigenvalue weighted by molar-refractivity contribution is -0.118. The fraction of sp³-hybridized carbons (Fsp3) is 0.571. The van der Waals surface area contributed by atoms with Gasteiger partial charge in [0, 0.05) is 12.1 Å². The summed E-state index contributed by atoms with van der Waals surface area (Å²) in [5.74, 6) is 2.10. The molecule has 2 atom stereocenters. The van der Waals surface area contributed by atoms with Crippen LogP contribution in [0.1, 0.15) is 70.4 Å². The van der Waals surface area contributed by atoms with Gasteiger partial charge < -0.3 is 14.8 Å². The van der Waals surface area contributed by atoms with E-state index in [4.69, 9.17) is 44.3 Å². The van der Waals surface area contributed by atoms with E-state index in [9.17, 15) is 0 Å². The van der Waals surface area contributed by atoms with Crippen molar-refractivity contribution >= 4 is 34.8 Å². The molecule has 2 aromatic rings. The Kier molecular flexibility index (Phi) is 6.55. The molecule has 6 heteroatoms. The van der Waals surface area contributed by atoms with Gasteiger partial charge in [0.1, 0.15) is 6.61 Å². The summed E-state index contributed by atoms with van der Waals surface area (Å²) < 4.78 is 12.0. The average molecular weight is 523 g/mol. The van der Waals surface area contributed by atoms with Crippen molar-refractivity contribution in [1.29, 1.82) is 0 Å². The fourth-order valence-electron chi connectivity index (χ4n) is 7.85. The Bertz CT molecular complexity index is 1070. The zero-order chi connectivity index (χ0) is 24.1. The Balaban J connectivity index is 1.32. The molecule has 0 heterocycles. The van der Waals surface area contributed by atoms with Crippen LogP contribution in [0.2, 0.25) is 15.1 Å². The third-order valence-corrected chi connectivity index (χ3v) is 9.05. The van der Waals surface area contributed by atoms with Gasteiger partial charge in [0.25, 0.3) is 0 Å². The minimum Gasteiger partial charge on any atom is -0.490 e. The molecule has 0 amide bonds. The molecule has 184 valence electrons. The molecule has 4 aliphatic carbocycles. The van der Waals surface area contributed by atoms with Gasteiger partial charge in [-0.1, -0.05) is 54.7 Å². The molecule has 4 bridgehead atoms. The van der Waals surface area contributed by atoms with Gasteiger partial charge >= 0.3 is 0 Å². The molecular weight excluding hydrogens is 489 g/mol. The average Bonchev–Trinajstić information content (AvgIpc) is 2.72. The van der Waals surface area contributed by atoms with Crippen molar-refractivity contribution in [2.24, 2.45) is 16.7 Å². The maximum Gasteiger partial charge on any atom is 0.180 e. The second kappa shape index (κ2) is 9.07. The molecule has 0 saturated heterocycles. The van der Waals surface area contributed by atoms with Crippen LogP contribution in [0.4, 0.5) is 0 Å². The third kappa shape index (κ3) is 4.91. The minimum absolute atomic E-state index is 0.240. The molecule has 4 saturated carbocycles. The molecule has 2 aromatic carbocycles. The zero-order valence-corrected chi connectivity index (χ0v) is 22.5. The highest BCUT2D eigenvalue weighted by Crippen LogP contribution is 2.66. The van der Waals surface area contributed by atoms with Gasteiger partial charge in [-0.2, -0.15) is 0 Å². The van der Waals surface area contributed by atoms with E-state index in [2.05, 4.69) is 25.2 Å². The van der Waals surface area contributed by atoms with Crippen molar-refractivity contribution in [1.82, 2.24) is 5.32 Å². The van der Waals surface area contributed by atoms with Crippen LogP contribution in [0.15, 0.2) is 30.3 Å². The maximum atomic E-state index is 6.71. The van der Waals surface area contributed by atoms with Crippen LogP contribution in [0.25, 0.3) is 0 Å². The van der Waals surface area contributed by atoms with E-state index < -0.39 is 0 Å². The summed E-state index contributed by atoms with van der Waals surface area (Å²) in [4.78, 5) is 0. The summed E-state index contributed by atoms with van der Waals surface area (Å²) >= 11 is 18.9. The number of ether oxygens (including phenoxy) is 2. The van der Waals surface area contributed by atoms with Gasteiger partial charge in [-0.25, -0.2) is 0 Å². The summed E-state index contributed by atoms with van der Waals surface area (Å²) in [5, 5.41) is 5.59. The number of benzene rings is 2. The van der Waals surface area contributed by atoms with Crippen LogP contribution in [0, 0.1) is 16.7 Å². The highest BCUT2D eigenvalue weighted by molar-refractivity contribution is 6.42. The van der Waals surface area contributed by atoms with Gasteiger partial charge in [0.15, 0.2) is 11.5 Å². The lowest BCUT2D eigenvalue weighted by atomic mass is 9.43. The summed E-state index contributed by atoms with van der Waals surface area (Å²) in [6.07, 6.45) is 8.04. The van der Waals surface area contributed by atoms with Crippen molar-refractivity contribution < 1.29 is 9.47 Å². The van der Waals surface area contributed by atoms with Crippen LogP contribution < -0.4 is 14.8 Å². The smallest absolute Gasteiger partial charge is 0.180 e. The molecule has 2 unspecified atom stereocenters. The van der Waals surface area contributed by atoms with E-state index in [-0.39, 0.29) is 5.54 Å². The molecule has 0 aliphatic heterocycles. The summed E-state index contributed by atoms with van der Waals surface area (Å²) in [5.41, 5.74) is 3.25. The molecule has 3 nitrogen and oxygen atoms in total. The van der Waals surface area contributed by atoms with Crippen LogP contribution in [0.3, 0.4) is 0 Å². The van der Waals surface area contributed by atoms with Crippen molar-refractivity contribution in [2.75, 3.05) is 6.61 Å². The number of nitrogens with one attached hydrogen (secondary N) is 1. The van der Waals surface area contributed by atoms with Crippen molar-refractivity contribution in [3.8, 4) is 11.5 Å². The fourth-order valence-corrected chi connectivity index (χ4v) is 8.45. The normalized spacial score (nSPS) is 31.6. The van der Waals surface area contributed by atoms with Gasteiger partial charge in [0.2, 0.25) is 0 Å². The first-order valence-electron chi connectivity index (χ1n) is 12.4. The van der Waals surface area contributed by atoms with E-state index in [1.807, 2.05) is 25.1 Å². The van der Waals surface area contributed by atoms with Gasteiger partial charge in [-0.05, 0) is 97.6 Å². The molecule has 4 aliphatic rings. The number of halogens is 3. The van der Waals surface area contributed by atoms with Crippen molar-refractivity contribution in [3.63, 3.8) is 0 Å². The molecule has 34 heavy (non-hydrogen) atoms. The predicted octanol–water partition coefficient (Wildman–Crippen LogP) is 8.46. The molecule has 6 rings (SSSR count). The maximum absolute atomic E-state index is 6.71. The van der Waals surface area contributed by atoms with E-state index in [0.29, 0.717) is 50.6 Å². The Labute approximate surface area is 218 Å². The Morgan fingerprint density at radius 2 is 1.56 bits per heavy atom. The topological polar surface area (TPSA) is 30.5 Å². The Hall–Kier alpha value is -1.13. The Morgan fingerprint density at radius 3 is 2.21 bits per heavy atom. The van der Waals surface area contributed by atoms with E-state index in [1.165, 1.54) is 38.5 Å². The summed E-state index contributed by atoms with van der Waals surface area (Å²) in [7, 11) is 0. The largest absolute Gasteiger partial charge is 0.490 e. The lowest BCUT2D eigenvalue weighted by Gasteiger charge is -2.65. The number of hydrogen-bond donors (Lipinski definition) is 1. The standard InChI is InChI=1S/C28H34Cl3NO2/c1-4-33-24-9-19(8-23(31)25(24)34-14-18-5-6-21(29)22(30)7-18)13-32-28-12-20-10-26(2,16-28)15-27(3,11-20)17-28/h5-9,20,32H,4,10-17H2,1-3H3. The Morgan fingerprint density at radius 1 is 0.853 bits per heavy atom. The lowest BCUT2D eigenvalue weighted by Crippen LogP contribution is -2.63. The van der Waals surface area contributed by atoms with E-state index in [0.717, 1.165) is 23.6 Å². The summed E-state index contributed by atoms with van der Waals surface area (Å²) in [6.45, 7) is 8.64. The first kappa shape index (κ1) is 24.6. The minimum atomic E-state index is 0.240. The summed E-state index contributed by atoms with van der Waals surface area (Å²) in [6, 6.07) is 9.55. The van der Waals surface area contributed by atoms with Crippen LogP contribution in [0.5, 0.6) is 11.5 Å². The number of rotatable bonds is 8. The van der Waals surface area contributed by atoms with Crippen LogP contribution >= 0.6 is 34.8 Å². The molecule has 1 N–H and O–H groups in total. The van der Waals surface area contributed by atoms with Gasteiger partial charge in [-0.3, -0.25) is 0 Å². The first-order valence-corrected chi connectivity index (χ1v) is 13.5. The van der Waals surface area contributed by atoms with E-state index >= 15 is 0 Å². The molecular formula is C28H34Cl3NO2. The second-order valence-electron chi connectivity index (χ2n) is 11.6. The SMILES string of the molecule is CCOc1cc(CNC23CC4CC(C)(CC(C)(C4)C2)C3)cc(Cl)c1OCc1ccc(Cl)c(Cl)c1. The zero-order valence-electron chi connectivity index (χ0n) is 20.3. The van der Waals surface area contributed by atoms with E-state index in [1.54, 1.807) is 6.07 Å². The quantitative estimate of drug-likeness (QED) is 0.377. The van der Waals surface area contributed by atoms with Crippen molar-refractivity contribution in [3.05, 3.63) is 56.5 Å². The monoisotopic (exact) mass is 521 g/mol. The molecule has 0 spiro atoms. The molecule has 0 radical (unpaired) electrons. The third-order valence-electron chi connectivity index (χ3n) is 8.03. The number of hydrogen-bond acceptors (Lipinski definition) is 3.